The van der Waals surface area contributed by atoms with Crippen molar-refractivity contribution in [1.29, 1.82) is 0 Å². The van der Waals surface area contributed by atoms with Gasteiger partial charge in [-0.05, 0) is 78.4 Å². The summed E-state index contributed by atoms with van der Waals surface area (Å²) >= 11 is 0. The van der Waals surface area contributed by atoms with Gasteiger partial charge < -0.3 is 19.3 Å². The average molecular weight is 463 g/mol. The maximum absolute atomic E-state index is 10.8. The van der Waals surface area contributed by atoms with Gasteiger partial charge in [-0.15, -0.1) is 0 Å². The number of ether oxygens (including phenoxy) is 3. The minimum Gasteiger partial charge on any atom is -0.497 e. The standard InChI is InChI=1S/C29H34O5/c1-4-5-26(18-19-33-28-16-6-22(21(2)20-28)11-17-29(30)31)34-27-14-9-24(10-15-27)23-7-12-25(32-3)13-8-23/h6-10,12-16,20,26H,4-5,11,17-19H2,1-3H3,(H,30,31)/t26-/m0/s1. The van der Waals surface area contributed by atoms with Crippen LogP contribution >= 0.6 is 0 Å². The van der Waals surface area contributed by atoms with Crippen molar-refractivity contribution in [2.45, 2.75) is 52.1 Å². The van der Waals surface area contributed by atoms with Gasteiger partial charge in [-0.2, -0.15) is 0 Å². The molecular weight excluding hydrogens is 428 g/mol. The number of aryl methyl sites for hydroxylation is 2. The lowest BCUT2D eigenvalue weighted by molar-refractivity contribution is -0.136. The summed E-state index contributed by atoms with van der Waals surface area (Å²) in [7, 11) is 1.67. The zero-order chi connectivity index (χ0) is 24.3. The van der Waals surface area contributed by atoms with Gasteiger partial charge in [0.15, 0.2) is 0 Å². The molecule has 0 spiro atoms. The molecule has 0 bridgehead atoms. The SMILES string of the molecule is CCC[C@@H](CCOc1ccc(CCC(=O)O)c(C)c1)Oc1ccc(-c2ccc(OC)cc2)cc1. The topological polar surface area (TPSA) is 65.0 Å². The highest BCUT2D eigenvalue weighted by atomic mass is 16.5. The van der Waals surface area contributed by atoms with E-state index in [1.54, 1.807) is 7.11 Å². The van der Waals surface area contributed by atoms with E-state index in [-0.39, 0.29) is 12.5 Å². The van der Waals surface area contributed by atoms with Crippen molar-refractivity contribution in [1.82, 2.24) is 0 Å². The fraction of sp³-hybridized carbons (Fsp3) is 0.345. The molecule has 0 aliphatic rings. The molecule has 1 atom stereocenters. The van der Waals surface area contributed by atoms with Crippen molar-refractivity contribution in [2.24, 2.45) is 0 Å². The summed E-state index contributed by atoms with van der Waals surface area (Å²) in [4.78, 5) is 10.8. The van der Waals surface area contributed by atoms with Crippen LogP contribution < -0.4 is 14.2 Å². The van der Waals surface area contributed by atoms with Crippen LogP contribution in [0.2, 0.25) is 0 Å². The van der Waals surface area contributed by atoms with Gasteiger partial charge in [0.05, 0.1) is 13.7 Å². The van der Waals surface area contributed by atoms with Crippen LogP contribution in [0.3, 0.4) is 0 Å². The molecule has 0 radical (unpaired) electrons. The van der Waals surface area contributed by atoms with E-state index in [4.69, 9.17) is 19.3 Å². The summed E-state index contributed by atoms with van der Waals surface area (Å²) in [5.74, 6) is 1.72. The van der Waals surface area contributed by atoms with Crippen LogP contribution in [0, 0.1) is 6.92 Å². The minimum absolute atomic E-state index is 0.0766. The third-order valence-electron chi connectivity index (χ3n) is 5.82. The molecule has 0 saturated heterocycles. The number of carboxylic acids is 1. The Balaban J connectivity index is 1.53. The van der Waals surface area contributed by atoms with Crippen LogP contribution in [0.5, 0.6) is 17.2 Å². The highest BCUT2D eigenvalue weighted by molar-refractivity contribution is 5.67. The number of rotatable bonds is 13. The van der Waals surface area contributed by atoms with Crippen LogP contribution in [0.4, 0.5) is 0 Å². The number of carbonyl (C=O) groups is 1. The maximum Gasteiger partial charge on any atom is 0.303 e. The van der Waals surface area contributed by atoms with Gasteiger partial charge in [0.1, 0.15) is 23.4 Å². The lowest BCUT2D eigenvalue weighted by Gasteiger charge is -2.19. The highest BCUT2D eigenvalue weighted by Gasteiger charge is 2.11. The van der Waals surface area contributed by atoms with Crippen LogP contribution in [-0.2, 0) is 11.2 Å². The lowest BCUT2D eigenvalue weighted by atomic mass is 10.0. The van der Waals surface area contributed by atoms with Gasteiger partial charge in [0.2, 0.25) is 0 Å². The number of methoxy groups -OCH3 is 1. The van der Waals surface area contributed by atoms with E-state index in [0.29, 0.717) is 13.0 Å². The predicted molar refractivity (Wildman–Crippen MR) is 135 cm³/mol. The fourth-order valence-corrected chi connectivity index (χ4v) is 3.87. The molecule has 3 rings (SSSR count). The number of hydrogen-bond donors (Lipinski definition) is 1. The van der Waals surface area contributed by atoms with Gasteiger partial charge >= 0.3 is 5.97 Å². The normalized spacial score (nSPS) is 11.6. The Morgan fingerprint density at radius 3 is 2.06 bits per heavy atom. The first-order valence-electron chi connectivity index (χ1n) is 11.8. The van der Waals surface area contributed by atoms with E-state index in [9.17, 15) is 4.79 Å². The number of hydrogen-bond acceptors (Lipinski definition) is 4. The molecule has 0 saturated carbocycles. The summed E-state index contributed by atoms with van der Waals surface area (Å²) < 4.78 is 17.5. The number of carboxylic acid groups (broad SMARTS) is 1. The number of benzene rings is 3. The monoisotopic (exact) mass is 462 g/mol. The molecule has 0 aliphatic heterocycles. The van der Waals surface area contributed by atoms with Crippen LogP contribution in [0.25, 0.3) is 11.1 Å². The predicted octanol–water partition coefficient (Wildman–Crippen LogP) is 6.70. The Morgan fingerprint density at radius 2 is 1.50 bits per heavy atom. The Bertz CT molecular complexity index is 1040. The second-order valence-electron chi connectivity index (χ2n) is 8.40. The molecule has 34 heavy (non-hydrogen) atoms. The van der Waals surface area contributed by atoms with Crippen LogP contribution in [-0.4, -0.2) is 30.9 Å². The van der Waals surface area contributed by atoms with E-state index in [2.05, 4.69) is 19.1 Å². The Kier molecular flexibility index (Phi) is 9.39. The Hall–Kier alpha value is -3.47. The summed E-state index contributed by atoms with van der Waals surface area (Å²) in [6.45, 7) is 4.70. The first-order valence-corrected chi connectivity index (χ1v) is 11.8. The van der Waals surface area contributed by atoms with E-state index >= 15 is 0 Å². The third-order valence-corrected chi connectivity index (χ3v) is 5.82. The first kappa shape index (κ1) is 25.2. The van der Waals surface area contributed by atoms with Gasteiger partial charge in [0, 0.05) is 12.8 Å². The van der Waals surface area contributed by atoms with Crippen molar-refractivity contribution in [3.8, 4) is 28.4 Å². The zero-order valence-electron chi connectivity index (χ0n) is 20.3. The van der Waals surface area contributed by atoms with E-state index in [1.165, 1.54) is 0 Å². The largest absolute Gasteiger partial charge is 0.497 e. The quantitative estimate of drug-likeness (QED) is 0.306. The molecule has 3 aromatic rings. The lowest BCUT2D eigenvalue weighted by Crippen LogP contribution is -2.19. The summed E-state index contributed by atoms with van der Waals surface area (Å²) in [6, 6.07) is 22.0. The maximum atomic E-state index is 10.8. The minimum atomic E-state index is -0.780. The molecule has 3 aromatic carbocycles. The van der Waals surface area contributed by atoms with Crippen molar-refractivity contribution < 1.29 is 24.1 Å². The number of aliphatic carboxylic acids is 1. The summed E-state index contributed by atoms with van der Waals surface area (Å²) in [5.41, 5.74) is 4.36. The van der Waals surface area contributed by atoms with E-state index in [0.717, 1.165) is 58.8 Å². The molecule has 0 heterocycles. The van der Waals surface area contributed by atoms with E-state index in [1.807, 2.05) is 61.5 Å². The second kappa shape index (κ2) is 12.7. The Morgan fingerprint density at radius 1 is 0.882 bits per heavy atom. The van der Waals surface area contributed by atoms with Crippen molar-refractivity contribution in [3.63, 3.8) is 0 Å². The molecule has 180 valence electrons. The van der Waals surface area contributed by atoms with E-state index < -0.39 is 5.97 Å². The van der Waals surface area contributed by atoms with Gasteiger partial charge in [-0.25, -0.2) is 0 Å². The molecule has 5 heteroatoms. The van der Waals surface area contributed by atoms with Crippen molar-refractivity contribution >= 4 is 5.97 Å². The fourth-order valence-electron chi connectivity index (χ4n) is 3.87. The van der Waals surface area contributed by atoms with Gasteiger partial charge in [0.25, 0.3) is 0 Å². The Labute approximate surface area is 202 Å². The third kappa shape index (κ3) is 7.55. The van der Waals surface area contributed by atoms with Crippen molar-refractivity contribution in [2.75, 3.05) is 13.7 Å². The zero-order valence-corrected chi connectivity index (χ0v) is 20.3. The molecule has 0 amide bonds. The van der Waals surface area contributed by atoms with Gasteiger partial charge in [-0.3, -0.25) is 4.79 Å². The highest BCUT2D eigenvalue weighted by Crippen LogP contribution is 2.26. The molecule has 0 aromatic heterocycles. The molecule has 0 aliphatic carbocycles. The molecule has 0 fully saturated rings. The molecule has 1 N–H and O–H groups in total. The molecule has 0 unspecified atom stereocenters. The average Bonchev–Trinajstić information content (AvgIpc) is 2.84. The van der Waals surface area contributed by atoms with Gasteiger partial charge in [-0.1, -0.05) is 43.7 Å². The molecule has 5 nitrogen and oxygen atoms in total. The van der Waals surface area contributed by atoms with Crippen LogP contribution in [0.15, 0.2) is 66.7 Å². The second-order valence-corrected chi connectivity index (χ2v) is 8.40. The van der Waals surface area contributed by atoms with Crippen molar-refractivity contribution in [3.05, 3.63) is 77.9 Å². The van der Waals surface area contributed by atoms with Crippen LogP contribution in [0.1, 0.15) is 43.7 Å². The molecular formula is C29H34O5. The smallest absolute Gasteiger partial charge is 0.303 e. The summed E-state index contributed by atoms with van der Waals surface area (Å²) in [6.07, 6.45) is 3.52. The first-order chi connectivity index (χ1) is 16.5. The summed E-state index contributed by atoms with van der Waals surface area (Å²) in [5, 5.41) is 8.88.